The molecule has 1 aromatic carbocycles. The molecule has 0 spiro atoms. The molecule has 3 rings (SSSR count). The second kappa shape index (κ2) is 6.90. The number of phenolic OH excluding ortho intramolecular Hbond substituents is 2. The number of amides is 1. The van der Waals surface area contributed by atoms with Gasteiger partial charge in [0, 0.05) is 18.1 Å². The Labute approximate surface area is 146 Å². The highest BCUT2D eigenvalue weighted by atomic mass is 32.2. The molecule has 6 nitrogen and oxygen atoms in total. The topological polar surface area (TPSA) is 86.0 Å². The van der Waals surface area contributed by atoms with E-state index in [1.54, 1.807) is 24.4 Å². The lowest BCUT2D eigenvalue weighted by Crippen LogP contribution is -2.29. The molecule has 1 aromatic heterocycles. The Balaban J connectivity index is 1.94. The molecule has 1 amide bonds. The van der Waals surface area contributed by atoms with Gasteiger partial charge in [0.1, 0.15) is 0 Å². The van der Waals surface area contributed by atoms with Gasteiger partial charge in [0.25, 0.3) is 5.91 Å². The molecule has 24 heavy (non-hydrogen) atoms. The molecule has 1 saturated heterocycles. The van der Waals surface area contributed by atoms with Crippen molar-refractivity contribution in [1.82, 2.24) is 9.88 Å². The summed E-state index contributed by atoms with van der Waals surface area (Å²) in [5.74, 6) is -0.635. The number of carbonyl (C=O) groups excluding carboxylic acids is 1. The van der Waals surface area contributed by atoms with E-state index >= 15 is 0 Å². The van der Waals surface area contributed by atoms with Crippen molar-refractivity contribution in [3.63, 3.8) is 0 Å². The van der Waals surface area contributed by atoms with E-state index in [4.69, 9.17) is 0 Å². The molecule has 122 valence electrons. The van der Waals surface area contributed by atoms with E-state index in [0.717, 1.165) is 0 Å². The largest absolute Gasteiger partial charge is 0.504 e. The number of benzene rings is 1. The zero-order valence-corrected chi connectivity index (χ0v) is 14.0. The van der Waals surface area contributed by atoms with Crippen LogP contribution in [0, 0.1) is 0 Å². The molecule has 8 heteroatoms. The number of aromatic nitrogens is 1. The van der Waals surface area contributed by atoms with Crippen molar-refractivity contribution >= 4 is 45.4 Å². The lowest BCUT2D eigenvalue weighted by atomic mass is 10.2. The van der Waals surface area contributed by atoms with Crippen molar-refractivity contribution in [2.45, 2.75) is 0 Å². The minimum Gasteiger partial charge on any atom is -0.504 e. The average Bonchev–Trinajstić information content (AvgIpc) is 3.16. The first-order valence-electron chi connectivity index (χ1n) is 6.91. The highest BCUT2D eigenvalue weighted by Gasteiger charge is 2.32. The molecule has 1 fully saturated rings. The van der Waals surface area contributed by atoms with Crippen molar-refractivity contribution in [1.29, 1.82) is 0 Å². The fraction of sp³-hybridized carbons (Fsp3) is 0.0625. The standard InChI is InChI=1S/C16H13N3O3S2/c1-2-6-19-14(22)13(9-10-3-4-11(20)12(21)8-10)24-16(19)18-15-17-5-7-23-15/h2-5,7-9,20-21H,1,6H2/b13-9-,18-16+. The number of phenols is 2. The fourth-order valence-electron chi connectivity index (χ4n) is 2.02. The van der Waals surface area contributed by atoms with Crippen molar-refractivity contribution in [3.05, 3.63) is 52.9 Å². The number of hydrogen-bond acceptors (Lipinski definition) is 7. The lowest BCUT2D eigenvalue weighted by Gasteiger charge is -2.11. The van der Waals surface area contributed by atoms with Crippen molar-refractivity contribution in [2.24, 2.45) is 4.99 Å². The second-order valence-corrected chi connectivity index (χ2v) is 6.65. The minimum absolute atomic E-state index is 0.192. The van der Waals surface area contributed by atoms with Crippen LogP contribution in [0.2, 0.25) is 0 Å². The predicted molar refractivity (Wildman–Crippen MR) is 96.5 cm³/mol. The first kappa shape index (κ1) is 16.3. The van der Waals surface area contributed by atoms with E-state index in [9.17, 15) is 15.0 Å². The van der Waals surface area contributed by atoms with Crippen LogP contribution < -0.4 is 0 Å². The van der Waals surface area contributed by atoms with Gasteiger partial charge < -0.3 is 10.2 Å². The molecule has 0 unspecified atom stereocenters. The van der Waals surface area contributed by atoms with Crippen molar-refractivity contribution < 1.29 is 15.0 Å². The second-order valence-electron chi connectivity index (χ2n) is 4.77. The molecule has 0 radical (unpaired) electrons. The van der Waals surface area contributed by atoms with Gasteiger partial charge >= 0.3 is 0 Å². The van der Waals surface area contributed by atoms with Gasteiger partial charge in [-0.1, -0.05) is 12.1 Å². The van der Waals surface area contributed by atoms with Gasteiger partial charge in [-0.3, -0.25) is 9.69 Å². The van der Waals surface area contributed by atoms with Gasteiger partial charge in [0.05, 0.1) is 4.91 Å². The molecule has 1 aliphatic heterocycles. The quantitative estimate of drug-likeness (QED) is 0.497. The zero-order valence-electron chi connectivity index (χ0n) is 12.4. The number of rotatable bonds is 4. The van der Waals surface area contributed by atoms with E-state index < -0.39 is 0 Å². The predicted octanol–water partition coefficient (Wildman–Crippen LogP) is 3.34. The van der Waals surface area contributed by atoms with E-state index in [0.29, 0.717) is 27.3 Å². The van der Waals surface area contributed by atoms with Crippen LogP contribution >= 0.6 is 23.1 Å². The highest BCUT2D eigenvalue weighted by Crippen LogP contribution is 2.35. The summed E-state index contributed by atoms with van der Waals surface area (Å²) in [6.07, 6.45) is 4.93. The fourth-order valence-corrected chi connectivity index (χ4v) is 3.57. The highest BCUT2D eigenvalue weighted by molar-refractivity contribution is 8.18. The summed E-state index contributed by atoms with van der Waals surface area (Å²) in [4.78, 5) is 23.1. The molecule has 2 heterocycles. The summed E-state index contributed by atoms with van der Waals surface area (Å²) in [5, 5.41) is 21.9. The maximum atomic E-state index is 12.6. The molecule has 2 aromatic rings. The number of hydrogen-bond donors (Lipinski definition) is 2. The van der Waals surface area contributed by atoms with Gasteiger partial charge in [-0.15, -0.1) is 17.9 Å². The van der Waals surface area contributed by atoms with Crippen LogP contribution in [0.25, 0.3) is 6.08 Å². The Morgan fingerprint density at radius 1 is 1.33 bits per heavy atom. The monoisotopic (exact) mass is 359 g/mol. The molecule has 0 atom stereocenters. The summed E-state index contributed by atoms with van der Waals surface area (Å²) in [6.45, 7) is 4.01. The number of amidine groups is 1. The third-order valence-corrected chi connectivity index (χ3v) is 4.78. The normalized spacial score (nSPS) is 17.8. The molecule has 1 aliphatic rings. The van der Waals surface area contributed by atoms with Crippen molar-refractivity contribution in [3.8, 4) is 11.5 Å². The minimum atomic E-state index is -0.237. The summed E-state index contributed by atoms with van der Waals surface area (Å²) in [7, 11) is 0. The Morgan fingerprint density at radius 2 is 2.17 bits per heavy atom. The van der Waals surface area contributed by atoms with Gasteiger partial charge in [0.15, 0.2) is 16.7 Å². The number of thiazole rings is 1. The summed E-state index contributed by atoms with van der Waals surface area (Å²) in [5.41, 5.74) is 0.607. The molecular weight excluding hydrogens is 346 g/mol. The number of aliphatic imine (C=N–C) groups is 1. The van der Waals surface area contributed by atoms with E-state index in [1.165, 1.54) is 40.1 Å². The average molecular weight is 359 g/mol. The maximum Gasteiger partial charge on any atom is 0.267 e. The zero-order chi connectivity index (χ0) is 17.1. The Bertz CT molecular complexity index is 844. The SMILES string of the molecule is C=CCN1C(=O)/C(=C/c2ccc(O)c(O)c2)S/C1=N/c1nccs1. The third kappa shape index (κ3) is 3.34. The van der Waals surface area contributed by atoms with Crippen LogP contribution in [0.5, 0.6) is 11.5 Å². The summed E-state index contributed by atoms with van der Waals surface area (Å²) in [6, 6.07) is 4.38. The number of nitrogens with zero attached hydrogens (tertiary/aromatic N) is 3. The Morgan fingerprint density at radius 3 is 2.83 bits per heavy atom. The smallest absolute Gasteiger partial charge is 0.267 e. The first-order chi connectivity index (χ1) is 11.6. The molecule has 0 saturated carbocycles. The Kier molecular flexibility index (Phi) is 4.68. The molecule has 0 aliphatic carbocycles. The van der Waals surface area contributed by atoms with Crippen LogP contribution in [-0.2, 0) is 4.79 Å². The van der Waals surface area contributed by atoms with E-state index in [2.05, 4.69) is 16.6 Å². The molecule has 0 bridgehead atoms. The van der Waals surface area contributed by atoms with E-state index in [1.807, 2.05) is 5.38 Å². The van der Waals surface area contributed by atoms with Crippen molar-refractivity contribution in [2.75, 3.05) is 6.54 Å². The third-order valence-electron chi connectivity index (χ3n) is 3.11. The van der Waals surface area contributed by atoms with Crippen LogP contribution in [0.1, 0.15) is 5.56 Å². The number of carbonyl (C=O) groups is 1. The van der Waals surface area contributed by atoms with Crippen LogP contribution in [0.15, 0.2) is 52.3 Å². The number of aromatic hydroxyl groups is 2. The molecular formula is C16H13N3O3S2. The van der Waals surface area contributed by atoms with Gasteiger partial charge in [-0.2, -0.15) is 4.99 Å². The van der Waals surface area contributed by atoms with Crippen LogP contribution in [0.4, 0.5) is 5.13 Å². The summed E-state index contributed by atoms with van der Waals surface area (Å²) < 4.78 is 0. The Hall–Kier alpha value is -2.58. The summed E-state index contributed by atoms with van der Waals surface area (Å²) >= 11 is 2.62. The number of thioether (sulfide) groups is 1. The first-order valence-corrected chi connectivity index (χ1v) is 8.60. The maximum absolute atomic E-state index is 12.6. The lowest BCUT2D eigenvalue weighted by molar-refractivity contribution is -0.121. The van der Waals surface area contributed by atoms with Crippen LogP contribution in [0.3, 0.4) is 0 Å². The molecule has 2 N–H and O–H groups in total. The van der Waals surface area contributed by atoms with E-state index in [-0.39, 0.29) is 17.4 Å². The van der Waals surface area contributed by atoms with Gasteiger partial charge in [-0.25, -0.2) is 4.98 Å². The van der Waals surface area contributed by atoms with Crippen LogP contribution in [-0.4, -0.2) is 37.7 Å². The van der Waals surface area contributed by atoms with Gasteiger partial charge in [-0.05, 0) is 35.5 Å². The van der Waals surface area contributed by atoms with Gasteiger partial charge in [0.2, 0.25) is 5.13 Å².